The van der Waals surface area contributed by atoms with Crippen LogP contribution in [0.15, 0.2) is 27.5 Å². The molecule has 1 rings (SSSR count). The number of halogens is 1. The summed E-state index contributed by atoms with van der Waals surface area (Å²) in [5.41, 5.74) is 0.167. The molecule has 0 N–H and O–H groups in total. The van der Waals surface area contributed by atoms with Crippen LogP contribution in [0.5, 0.6) is 0 Å². The van der Waals surface area contributed by atoms with Crippen molar-refractivity contribution in [3.63, 3.8) is 0 Å². The van der Waals surface area contributed by atoms with Crippen LogP contribution < -0.4 is 0 Å². The van der Waals surface area contributed by atoms with Gasteiger partial charge in [-0.25, -0.2) is 13.5 Å². The molecule has 0 spiro atoms. The van der Waals surface area contributed by atoms with E-state index in [4.69, 9.17) is 0 Å². The Morgan fingerprint density at radius 1 is 1.50 bits per heavy atom. The molecule has 0 heterocycles. The zero-order valence-electron chi connectivity index (χ0n) is 7.82. The summed E-state index contributed by atoms with van der Waals surface area (Å²) < 4.78 is 17.4. The summed E-state index contributed by atoms with van der Waals surface area (Å²) in [7, 11) is -1.87. The summed E-state index contributed by atoms with van der Waals surface area (Å²) in [6, 6.07) is 4.69. The number of benzene rings is 1. The Morgan fingerprint density at radius 3 is 2.71 bits per heavy atom. The molecule has 1 aromatic carbocycles. The third-order valence-corrected chi connectivity index (χ3v) is 2.89. The molecule has 0 aliphatic heterocycles. The van der Waals surface area contributed by atoms with Crippen LogP contribution in [0.1, 0.15) is 0 Å². The van der Waals surface area contributed by atoms with Crippen molar-refractivity contribution in [1.29, 1.82) is 0 Å². The second kappa shape index (κ2) is 4.17. The fraction of sp³-hybridized carbons (Fsp3) is 0.222. The van der Waals surface area contributed by atoms with Gasteiger partial charge in [0.1, 0.15) is 5.69 Å². The molecular weight excluding hydrogens is 221 g/mol. The molecule has 14 heavy (non-hydrogen) atoms. The maximum absolute atomic E-state index is 13.4. The van der Waals surface area contributed by atoms with E-state index in [0.717, 1.165) is 0 Å². The quantitative estimate of drug-likeness (QED) is 0.583. The molecule has 5 heteroatoms. The monoisotopic (exact) mass is 231 g/mol. The average molecular weight is 231 g/mol. The van der Waals surface area contributed by atoms with Crippen molar-refractivity contribution < 1.29 is 9.18 Å². The highest BCUT2D eigenvalue weighted by atomic mass is 32.2. The molecular formula is C9H10FNOS2. The van der Waals surface area contributed by atoms with Crippen molar-refractivity contribution in [1.82, 2.24) is 0 Å². The topological polar surface area (TPSA) is 29.4 Å². The second-order valence-corrected chi connectivity index (χ2v) is 6.43. The van der Waals surface area contributed by atoms with Gasteiger partial charge in [0.15, 0.2) is 11.1 Å². The minimum absolute atomic E-state index is 0.167. The fourth-order valence-corrected chi connectivity index (χ4v) is 1.71. The molecule has 0 amide bonds. The van der Waals surface area contributed by atoms with Crippen LogP contribution in [0.25, 0.3) is 0 Å². The molecule has 0 bridgehead atoms. The zero-order valence-corrected chi connectivity index (χ0v) is 9.53. The van der Waals surface area contributed by atoms with Gasteiger partial charge in [0.25, 0.3) is 0 Å². The summed E-state index contributed by atoms with van der Waals surface area (Å²) in [6.45, 7) is 0. The third kappa shape index (κ3) is 2.61. The van der Waals surface area contributed by atoms with Crippen LogP contribution in [0.2, 0.25) is 0 Å². The Balaban J connectivity index is 3.45. The van der Waals surface area contributed by atoms with Gasteiger partial charge in [-0.15, -0.1) is 12.6 Å². The Hall–Kier alpha value is -0.770. The summed E-state index contributed by atoms with van der Waals surface area (Å²) in [4.78, 5) is 10.7. The minimum atomic E-state index is -1.87. The van der Waals surface area contributed by atoms with Crippen LogP contribution in [0.4, 0.5) is 10.1 Å². The van der Waals surface area contributed by atoms with Crippen molar-refractivity contribution in [2.24, 2.45) is 4.36 Å². The standard InChI is InChI=1S/C9H10FNOS2/c1-14(2,6-12)11-7-4-3-5-8(13)9(7)10/h3-5,13H,1-2H3. The van der Waals surface area contributed by atoms with Crippen LogP contribution in [-0.4, -0.2) is 17.7 Å². The van der Waals surface area contributed by atoms with Crippen molar-refractivity contribution >= 4 is 33.0 Å². The van der Waals surface area contributed by atoms with E-state index >= 15 is 0 Å². The van der Waals surface area contributed by atoms with E-state index in [1.807, 2.05) is 5.23 Å². The number of hydrogen-bond acceptors (Lipinski definition) is 3. The molecule has 2 nitrogen and oxygen atoms in total. The summed E-state index contributed by atoms with van der Waals surface area (Å²) in [6.07, 6.45) is 3.29. The molecule has 76 valence electrons. The lowest BCUT2D eigenvalue weighted by Gasteiger charge is -2.01. The van der Waals surface area contributed by atoms with E-state index in [2.05, 4.69) is 17.0 Å². The molecule has 0 aliphatic carbocycles. The van der Waals surface area contributed by atoms with Gasteiger partial charge < -0.3 is 0 Å². The Morgan fingerprint density at radius 2 is 2.14 bits per heavy atom. The van der Waals surface area contributed by atoms with E-state index in [9.17, 15) is 9.18 Å². The van der Waals surface area contributed by atoms with Gasteiger partial charge in [-0.3, -0.25) is 0 Å². The van der Waals surface area contributed by atoms with Crippen LogP contribution >= 0.6 is 12.6 Å². The Bertz CT molecular complexity index is 490. The lowest BCUT2D eigenvalue weighted by molar-refractivity contribution is 0.571. The smallest absolute Gasteiger partial charge is 0.166 e. The lowest BCUT2D eigenvalue weighted by atomic mass is 10.3. The van der Waals surface area contributed by atoms with E-state index in [-0.39, 0.29) is 10.6 Å². The normalized spacial score (nSPS) is 10.9. The molecule has 0 radical (unpaired) electrons. The molecule has 0 saturated carbocycles. The number of carbonyl (C=O) groups excluding carboxylic acids is 1. The van der Waals surface area contributed by atoms with Gasteiger partial charge in [-0.1, -0.05) is 15.5 Å². The second-order valence-electron chi connectivity index (χ2n) is 3.06. The van der Waals surface area contributed by atoms with Crippen molar-refractivity contribution in [3.05, 3.63) is 24.0 Å². The van der Waals surface area contributed by atoms with Gasteiger partial charge in [0.2, 0.25) is 0 Å². The summed E-state index contributed by atoms with van der Waals surface area (Å²) in [5, 5.41) is 1.81. The summed E-state index contributed by atoms with van der Waals surface area (Å²) >= 11 is 3.92. The first-order valence-electron chi connectivity index (χ1n) is 3.79. The van der Waals surface area contributed by atoms with Gasteiger partial charge in [0, 0.05) is 4.90 Å². The third-order valence-electron chi connectivity index (χ3n) is 1.49. The SMILES string of the molecule is CS(C)(=C=O)=Nc1cccc(S)c1F. The highest BCUT2D eigenvalue weighted by molar-refractivity contribution is 8.01. The van der Waals surface area contributed by atoms with Crippen LogP contribution in [0, 0.1) is 5.82 Å². The molecule has 0 unspecified atom stereocenters. The van der Waals surface area contributed by atoms with Gasteiger partial charge in [0.05, 0.1) is 0 Å². The predicted molar refractivity (Wildman–Crippen MR) is 60.6 cm³/mol. The van der Waals surface area contributed by atoms with E-state index in [0.29, 0.717) is 0 Å². The molecule has 0 aromatic heterocycles. The molecule has 1 aromatic rings. The highest BCUT2D eigenvalue weighted by Gasteiger charge is 2.04. The number of rotatable bonds is 1. The number of nitrogens with zero attached hydrogens (tertiary/aromatic N) is 1. The van der Waals surface area contributed by atoms with Gasteiger partial charge >= 0.3 is 0 Å². The van der Waals surface area contributed by atoms with Crippen molar-refractivity contribution in [2.45, 2.75) is 4.90 Å². The first-order chi connectivity index (χ1) is 6.46. The highest BCUT2D eigenvalue weighted by Crippen LogP contribution is 2.24. The molecule has 0 fully saturated rings. The van der Waals surface area contributed by atoms with E-state index in [1.165, 1.54) is 12.1 Å². The fourth-order valence-electron chi connectivity index (χ4n) is 0.843. The molecule has 0 saturated heterocycles. The number of hydrogen-bond donors (Lipinski definition) is 1. The predicted octanol–water partition coefficient (Wildman–Crippen LogP) is 2.41. The van der Waals surface area contributed by atoms with Crippen molar-refractivity contribution in [2.75, 3.05) is 12.5 Å². The van der Waals surface area contributed by atoms with Gasteiger partial charge in [-0.05, 0) is 24.6 Å². The van der Waals surface area contributed by atoms with E-state index < -0.39 is 15.2 Å². The van der Waals surface area contributed by atoms with Crippen LogP contribution in [0.3, 0.4) is 0 Å². The molecule has 0 aliphatic rings. The van der Waals surface area contributed by atoms with E-state index in [1.54, 1.807) is 18.6 Å². The lowest BCUT2D eigenvalue weighted by Crippen LogP contribution is -1.92. The minimum Gasteiger partial charge on any atom is -0.226 e. The zero-order chi connectivity index (χ0) is 10.8. The Labute approximate surface area is 88.2 Å². The maximum atomic E-state index is 13.4. The largest absolute Gasteiger partial charge is 0.226 e. The summed E-state index contributed by atoms with van der Waals surface area (Å²) in [5.74, 6) is -0.494. The first-order valence-corrected chi connectivity index (χ1v) is 6.64. The van der Waals surface area contributed by atoms with Gasteiger partial charge in [-0.2, -0.15) is 0 Å². The van der Waals surface area contributed by atoms with Crippen LogP contribution in [-0.2, 0) is 14.2 Å². The number of thiol groups is 1. The average Bonchev–Trinajstić information content (AvgIpc) is 2.13. The Kier molecular flexibility index (Phi) is 3.37. The first kappa shape index (κ1) is 11.3. The van der Waals surface area contributed by atoms with Crippen molar-refractivity contribution in [3.8, 4) is 0 Å². The maximum Gasteiger partial charge on any atom is 0.166 e. The molecule has 0 atom stereocenters.